The Hall–Kier alpha value is -2.08. The maximum atomic E-state index is 5.67. The fourth-order valence-electron chi connectivity index (χ4n) is 2.61. The van der Waals surface area contributed by atoms with Crippen LogP contribution in [0.1, 0.15) is 31.3 Å². The maximum Gasteiger partial charge on any atom is 0.161 e. The number of hydrogen-bond acceptors (Lipinski definition) is 5. The lowest BCUT2D eigenvalue weighted by Gasteiger charge is -2.26. The molecule has 0 unspecified atom stereocenters. The van der Waals surface area contributed by atoms with Crippen LogP contribution in [0.25, 0.3) is 0 Å². The zero-order valence-electron chi connectivity index (χ0n) is 13.3. The second-order valence-electron chi connectivity index (χ2n) is 5.49. The number of hydrogen-bond donors (Lipinski definition) is 0. The molecule has 22 heavy (non-hydrogen) atoms. The molecule has 0 bridgehead atoms. The summed E-state index contributed by atoms with van der Waals surface area (Å²) in [5, 5.41) is 4.22. The Morgan fingerprint density at radius 2 is 2.05 bits per heavy atom. The second-order valence-corrected chi connectivity index (χ2v) is 5.49. The number of aromatic nitrogens is 3. The van der Waals surface area contributed by atoms with E-state index in [1.165, 1.54) is 5.56 Å². The van der Waals surface area contributed by atoms with Crippen LogP contribution in [0.2, 0.25) is 0 Å². The molecule has 6 nitrogen and oxygen atoms in total. The molecule has 1 aliphatic rings. The third kappa shape index (κ3) is 2.92. The van der Waals surface area contributed by atoms with Gasteiger partial charge in [-0.2, -0.15) is 5.10 Å². The lowest BCUT2D eigenvalue weighted by Crippen LogP contribution is -2.24. The van der Waals surface area contributed by atoms with Crippen LogP contribution in [0.3, 0.4) is 0 Å². The summed E-state index contributed by atoms with van der Waals surface area (Å²) in [6.45, 7) is 7.07. The third-order valence-corrected chi connectivity index (χ3v) is 4.10. The van der Waals surface area contributed by atoms with Crippen LogP contribution < -0.4 is 9.47 Å². The summed E-state index contributed by atoms with van der Waals surface area (Å²) in [7, 11) is 2.09. The van der Waals surface area contributed by atoms with E-state index in [1.807, 2.05) is 10.7 Å². The van der Waals surface area contributed by atoms with Crippen molar-refractivity contribution in [3.05, 3.63) is 35.9 Å². The molecule has 0 N–H and O–H groups in total. The molecule has 0 aliphatic carbocycles. The lowest BCUT2D eigenvalue weighted by molar-refractivity contribution is 0.170. The fraction of sp³-hybridized carbons (Fsp3) is 0.500. The number of ether oxygens (including phenoxy) is 2. The summed E-state index contributed by atoms with van der Waals surface area (Å²) in [5.41, 5.74) is 1.20. The first-order valence-electron chi connectivity index (χ1n) is 7.65. The molecule has 0 radical (unpaired) electrons. The largest absolute Gasteiger partial charge is 0.486 e. The average molecular weight is 302 g/mol. The SMILES string of the molecule is CCn1ncnc1CN(C)[C@H](C)c1ccc2c(c1)OCCO2. The Morgan fingerprint density at radius 1 is 1.27 bits per heavy atom. The van der Waals surface area contributed by atoms with Gasteiger partial charge in [0.2, 0.25) is 0 Å². The van der Waals surface area contributed by atoms with Crippen LogP contribution in [0.4, 0.5) is 0 Å². The van der Waals surface area contributed by atoms with Crippen molar-refractivity contribution in [1.29, 1.82) is 0 Å². The predicted octanol–water partition coefficient (Wildman–Crippen LogP) is 2.26. The Morgan fingerprint density at radius 3 is 2.82 bits per heavy atom. The van der Waals surface area contributed by atoms with Gasteiger partial charge in [0.1, 0.15) is 25.4 Å². The van der Waals surface area contributed by atoms with Gasteiger partial charge in [0.05, 0.1) is 6.54 Å². The molecule has 0 saturated carbocycles. The summed E-state index contributed by atoms with van der Waals surface area (Å²) in [5.74, 6) is 2.64. The van der Waals surface area contributed by atoms with E-state index in [-0.39, 0.29) is 6.04 Å². The second kappa shape index (κ2) is 6.36. The van der Waals surface area contributed by atoms with Crippen LogP contribution in [0, 0.1) is 0 Å². The highest BCUT2D eigenvalue weighted by Gasteiger charge is 2.18. The molecule has 1 atom stereocenters. The van der Waals surface area contributed by atoms with E-state index in [1.54, 1.807) is 6.33 Å². The molecule has 1 aliphatic heterocycles. The van der Waals surface area contributed by atoms with E-state index in [9.17, 15) is 0 Å². The molecule has 118 valence electrons. The monoisotopic (exact) mass is 302 g/mol. The molecule has 3 rings (SSSR count). The van der Waals surface area contributed by atoms with Gasteiger partial charge in [0, 0.05) is 12.6 Å². The Balaban J connectivity index is 1.74. The van der Waals surface area contributed by atoms with E-state index in [2.05, 4.69) is 48.0 Å². The summed E-state index contributed by atoms with van der Waals surface area (Å²) < 4.78 is 13.2. The summed E-state index contributed by atoms with van der Waals surface area (Å²) in [4.78, 5) is 6.59. The van der Waals surface area contributed by atoms with Crippen molar-refractivity contribution >= 4 is 0 Å². The molecule has 0 spiro atoms. The molecule has 0 fully saturated rings. The number of fused-ring (bicyclic) bond motifs is 1. The predicted molar refractivity (Wildman–Crippen MR) is 83.0 cm³/mol. The first kappa shape index (κ1) is 14.8. The van der Waals surface area contributed by atoms with Gasteiger partial charge in [-0.25, -0.2) is 9.67 Å². The van der Waals surface area contributed by atoms with Crippen molar-refractivity contribution in [1.82, 2.24) is 19.7 Å². The van der Waals surface area contributed by atoms with E-state index in [4.69, 9.17) is 9.47 Å². The summed E-state index contributed by atoms with van der Waals surface area (Å²) in [6, 6.07) is 6.40. The zero-order valence-corrected chi connectivity index (χ0v) is 13.3. The number of nitrogens with zero attached hydrogens (tertiary/aromatic N) is 4. The Labute approximate surface area is 130 Å². The van der Waals surface area contributed by atoms with Gasteiger partial charge in [-0.05, 0) is 38.6 Å². The van der Waals surface area contributed by atoms with Crippen molar-refractivity contribution < 1.29 is 9.47 Å². The quantitative estimate of drug-likeness (QED) is 0.848. The molecule has 0 amide bonds. The normalized spacial score (nSPS) is 15.1. The van der Waals surface area contributed by atoms with Gasteiger partial charge in [0.15, 0.2) is 11.5 Å². The van der Waals surface area contributed by atoms with Gasteiger partial charge in [-0.3, -0.25) is 4.90 Å². The van der Waals surface area contributed by atoms with Crippen molar-refractivity contribution in [2.24, 2.45) is 0 Å². The van der Waals surface area contributed by atoms with Crippen LogP contribution in [-0.4, -0.2) is 39.9 Å². The molecule has 1 aromatic carbocycles. The van der Waals surface area contributed by atoms with E-state index in [0.717, 1.165) is 30.4 Å². The van der Waals surface area contributed by atoms with Crippen LogP contribution in [0.5, 0.6) is 11.5 Å². The van der Waals surface area contributed by atoms with Crippen LogP contribution in [0.15, 0.2) is 24.5 Å². The summed E-state index contributed by atoms with van der Waals surface area (Å²) in [6.07, 6.45) is 1.61. The van der Waals surface area contributed by atoms with Crippen molar-refractivity contribution in [2.75, 3.05) is 20.3 Å². The molecule has 2 heterocycles. The maximum absolute atomic E-state index is 5.67. The van der Waals surface area contributed by atoms with Crippen molar-refractivity contribution in [3.63, 3.8) is 0 Å². The molecule has 6 heteroatoms. The number of benzene rings is 1. The first-order chi connectivity index (χ1) is 10.7. The van der Waals surface area contributed by atoms with Crippen LogP contribution >= 0.6 is 0 Å². The van der Waals surface area contributed by atoms with Gasteiger partial charge in [0.25, 0.3) is 0 Å². The standard InChI is InChI=1S/C16H22N4O2/c1-4-20-16(17-11-18-20)10-19(3)12(2)13-5-6-14-15(9-13)22-8-7-21-14/h5-6,9,11-12H,4,7-8,10H2,1-3H3/t12-/m1/s1. The van der Waals surface area contributed by atoms with Crippen LogP contribution in [-0.2, 0) is 13.1 Å². The fourth-order valence-corrected chi connectivity index (χ4v) is 2.61. The highest BCUT2D eigenvalue weighted by atomic mass is 16.6. The first-order valence-corrected chi connectivity index (χ1v) is 7.65. The zero-order chi connectivity index (χ0) is 15.5. The Kier molecular flexibility index (Phi) is 4.29. The molecule has 2 aromatic rings. The smallest absolute Gasteiger partial charge is 0.161 e. The average Bonchev–Trinajstić information content (AvgIpc) is 3.00. The molecule has 1 aromatic heterocycles. The summed E-state index contributed by atoms with van der Waals surface area (Å²) >= 11 is 0. The minimum absolute atomic E-state index is 0.248. The minimum atomic E-state index is 0.248. The van der Waals surface area contributed by atoms with Crippen molar-refractivity contribution in [2.45, 2.75) is 33.0 Å². The van der Waals surface area contributed by atoms with E-state index >= 15 is 0 Å². The van der Waals surface area contributed by atoms with Gasteiger partial charge in [-0.15, -0.1) is 0 Å². The van der Waals surface area contributed by atoms with Gasteiger partial charge in [-0.1, -0.05) is 6.07 Å². The van der Waals surface area contributed by atoms with Gasteiger partial charge < -0.3 is 9.47 Å². The van der Waals surface area contributed by atoms with E-state index < -0.39 is 0 Å². The number of rotatable bonds is 5. The highest BCUT2D eigenvalue weighted by molar-refractivity contribution is 5.44. The minimum Gasteiger partial charge on any atom is -0.486 e. The Bertz CT molecular complexity index is 641. The topological polar surface area (TPSA) is 52.4 Å². The third-order valence-electron chi connectivity index (χ3n) is 4.10. The van der Waals surface area contributed by atoms with E-state index in [0.29, 0.717) is 13.2 Å². The lowest BCUT2D eigenvalue weighted by atomic mass is 10.1. The molecular formula is C16H22N4O2. The molecule has 0 saturated heterocycles. The number of aryl methyl sites for hydroxylation is 1. The molecular weight excluding hydrogens is 280 g/mol. The van der Waals surface area contributed by atoms with Crippen molar-refractivity contribution in [3.8, 4) is 11.5 Å². The highest BCUT2D eigenvalue weighted by Crippen LogP contribution is 2.33. The van der Waals surface area contributed by atoms with Gasteiger partial charge >= 0.3 is 0 Å².